The highest BCUT2D eigenvalue weighted by molar-refractivity contribution is 6.74. The van der Waals surface area contributed by atoms with Crippen LogP contribution in [0.25, 0.3) is 0 Å². The Morgan fingerprint density at radius 1 is 1.15 bits per heavy atom. The van der Waals surface area contributed by atoms with Gasteiger partial charge >= 0.3 is 6.98 Å². The molecule has 0 saturated heterocycles. The van der Waals surface area contributed by atoms with Crippen molar-refractivity contribution in [3.63, 3.8) is 0 Å². The van der Waals surface area contributed by atoms with Crippen molar-refractivity contribution in [2.45, 2.75) is 13.5 Å². The van der Waals surface area contributed by atoms with Gasteiger partial charge in [0.1, 0.15) is 12.4 Å². The number of rotatable bonds is 4. The predicted octanol–water partition coefficient (Wildman–Crippen LogP) is 3.16. The average molecular weight is 284 g/mol. The number of nitrogens with zero attached hydrogens (tertiary/aromatic N) is 1. The van der Waals surface area contributed by atoms with Crippen molar-refractivity contribution in [1.82, 2.24) is 4.98 Å². The maximum Gasteiger partial charge on any atom is 0.513 e. The number of hydrogen-bond donors (Lipinski definition) is 0. The first kappa shape index (κ1) is 14.4. The van der Waals surface area contributed by atoms with Crippen molar-refractivity contribution in [2.75, 3.05) is 0 Å². The van der Waals surface area contributed by atoms with E-state index in [1.165, 1.54) is 24.4 Å². The Bertz CT molecular complexity index is 616. The molecule has 2 aromatic rings. The van der Waals surface area contributed by atoms with Gasteiger partial charge in [-0.05, 0) is 19.1 Å². The second kappa shape index (κ2) is 5.52. The molecule has 0 bridgehead atoms. The molecule has 2 nitrogen and oxygen atoms in total. The molecular weight excluding hydrogens is 273 g/mol. The van der Waals surface area contributed by atoms with Gasteiger partial charge < -0.3 is 17.7 Å². The summed E-state index contributed by atoms with van der Waals surface area (Å²) in [4.78, 5) is 3.61. The standard InChI is InChI=1S/C13H11BF4NO/c1-9-2-3-13(12(4-9)14(16,17)18)20-8-10-5-11(15)7-19-6-10/h2-7H,8H2,1H3/q-1. The smallest absolute Gasteiger partial charge is 0.492 e. The van der Waals surface area contributed by atoms with E-state index in [2.05, 4.69) is 4.98 Å². The molecule has 0 amide bonds. The Labute approximate surface area is 113 Å². The first-order valence-corrected chi connectivity index (χ1v) is 5.89. The van der Waals surface area contributed by atoms with Gasteiger partial charge in [-0.3, -0.25) is 4.98 Å². The van der Waals surface area contributed by atoms with Gasteiger partial charge in [0.25, 0.3) is 0 Å². The maximum absolute atomic E-state index is 12.9. The predicted molar refractivity (Wildman–Crippen MR) is 68.4 cm³/mol. The topological polar surface area (TPSA) is 22.1 Å². The highest BCUT2D eigenvalue weighted by Gasteiger charge is 2.29. The number of aromatic nitrogens is 1. The van der Waals surface area contributed by atoms with Crippen molar-refractivity contribution >= 4 is 12.4 Å². The molecule has 0 unspecified atom stereocenters. The molecule has 20 heavy (non-hydrogen) atoms. The molecule has 0 atom stereocenters. The summed E-state index contributed by atoms with van der Waals surface area (Å²) in [5.74, 6) is -0.817. The lowest BCUT2D eigenvalue weighted by atomic mass is 9.78. The van der Waals surface area contributed by atoms with E-state index in [-0.39, 0.29) is 12.4 Å². The molecule has 0 aliphatic rings. The molecule has 1 aromatic carbocycles. The number of ether oxygens (including phenoxy) is 1. The Kier molecular flexibility index (Phi) is 3.97. The van der Waals surface area contributed by atoms with Crippen molar-refractivity contribution < 1.29 is 22.1 Å². The molecular formula is C13H11BF4NO-. The molecule has 0 N–H and O–H groups in total. The van der Waals surface area contributed by atoms with E-state index in [9.17, 15) is 17.3 Å². The average Bonchev–Trinajstić information content (AvgIpc) is 2.36. The summed E-state index contributed by atoms with van der Waals surface area (Å²) in [5.41, 5.74) is 0.0829. The van der Waals surface area contributed by atoms with Gasteiger partial charge in [-0.2, -0.15) is 0 Å². The SMILES string of the molecule is Cc1ccc(OCc2cncc(F)c2)c([B-](F)(F)F)c1. The molecule has 106 valence electrons. The van der Waals surface area contributed by atoms with Gasteiger partial charge in [-0.1, -0.05) is 23.2 Å². The summed E-state index contributed by atoms with van der Waals surface area (Å²) in [6.45, 7) is -3.76. The molecule has 0 aliphatic carbocycles. The molecule has 7 heteroatoms. The van der Waals surface area contributed by atoms with Crippen LogP contribution in [0.2, 0.25) is 0 Å². The first-order valence-electron chi connectivity index (χ1n) is 5.89. The molecule has 0 saturated carbocycles. The van der Waals surface area contributed by atoms with Crippen molar-refractivity contribution in [1.29, 1.82) is 0 Å². The summed E-state index contributed by atoms with van der Waals surface area (Å²) in [6, 6.07) is 5.01. The minimum absolute atomic E-state index is 0.174. The largest absolute Gasteiger partial charge is 0.513 e. The third-order valence-corrected chi connectivity index (χ3v) is 2.67. The second-order valence-electron chi connectivity index (χ2n) is 4.42. The van der Waals surface area contributed by atoms with E-state index < -0.39 is 18.3 Å². The van der Waals surface area contributed by atoms with Gasteiger partial charge in [0, 0.05) is 11.8 Å². The Balaban J connectivity index is 2.21. The van der Waals surface area contributed by atoms with Gasteiger partial charge in [0.2, 0.25) is 0 Å². The van der Waals surface area contributed by atoms with Crippen LogP contribution in [0.15, 0.2) is 36.7 Å². The number of hydrogen-bond acceptors (Lipinski definition) is 2. The van der Waals surface area contributed by atoms with Gasteiger partial charge in [-0.25, -0.2) is 4.39 Å². The lowest BCUT2D eigenvalue weighted by Gasteiger charge is -2.20. The van der Waals surface area contributed by atoms with Crippen LogP contribution >= 0.6 is 0 Å². The monoisotopic (exact) mass is 284 g/mol. The van der Waals surface area contributed by atoms with Crippen LogP contribution in [-0.4, -0.2) is 12.0 Å². The van der Waals surface area contributed by atoms with Gasteiger partial charge in [0.15, 0.2) is 0 Å². The maximum atomic E-state index is 12.9. The van der Waals surface area contributed by atoms with Gasteiger partial charge in [0.05, 0.1) is 11.9 Å². The zero-order chi connectivity index (χ0) is 14.8. The summed E-state index contributed by atoms with van der Waals surface area (Å²) < 4.78 is 56.9. The summed E-state index contributed by atoms with van der Waals surface area (Å²) in [6.07, 6.45) is 2.36. The third kappa shape index (κ3) is 3.49. The normalized spacial score (nSPS) is 11.4. The van der Waals surface area contributed by atoms with E-state index in [0.717, 1.165) is 12.3 Å². The van der Waals surface area contributed by atoms with Crippen molar-refractivity contribution in [3.05, 3.63) is 53.6 Å². The van der Waals surface area contributed by atoms with Crippen molar-refractivity contribution in [2.24, 2.45) is 0 Å². The van der Waals surface area contributed by atoms with Crippen LogP contribution in [0.3, 0.4) is 0 Å². The van der Waals surface area contributed by atoms with E-state index in [4.69, 9.17) is 4.74 Å². The zero-order valence-electron chi connectivity index (χ0n) is 10.6. The van der Waals surface area contributed by atoms with Crippen LogP contribution < -0.4 is 10.2 Å². The Hall–Kier alpha value is -2.05. The van der Waals surface area contributed by atoms with Gasteiger partial charge in [-0.15, -0.1) is 0 Å². The third-order valence-electron chi connectivity index (χ3n) is 2.67. The lowest BCUT2D eigenvalue weighted by Crippen LogP contribution is -2.35. The van der Waals surface area contributed by atoms with Crippen molar-refractivity contribution in [3.8, 4) is 5.75 Å². The fourth-order valence-corrected chi connectivity index (χ4v) is 1.75. The van der Waals surface area contributed by atoms with Crippen LogP contribution in [0.5, 0.6) is 5.75 Å². The quantitative estimate of drug-likeness (QED) is 0.635. The van der Waals surface area contributed by atoms with Crippen LogP contribution in [0.1, 0.15) is 11.1 Å². The van der Waals surface area contributed by atoms with Crippen LogP contribution in [-0.2, 0) is 6.61 Å². The summed E-state index contributed by atoms with van der Waals surface area (Å²) >= 11 is 0. The summed E-state index contributed by atoms with van der Waals surface area (Å²) in [7, 11) is 0. The molecule has 2 rings (SSSR count). The van der Waals surface area contributed by atoms with Crippen LogP contribution in [0, 0.1) is 12.7 Å². The fourth-order valence-electron chi connectivity index (χ4n) is 1.75. The highest BCUT2D eigenvalue weighted by Crippen LogP contribution is 2.20. The fraction of sp³-hybridized carbons (Fsp3) is 0.154. The molecule has 0 fully saturated rings. The number of aryl methyl sites for hydroxylation is 1. The number of benzene rings is 1. The van der Waals surface area contributed by atoms with Crippen LogP contribution in [0.4, 0.5) is 17.3 Å². The molecule has 0 spiro atoms. The minimum Gasteiger partial charge on any atom is -0.492 e. The molecule has 0 radical (unpaired) electrons. The molecule has 1 heterocycles. The number of halogens is 4. The Morgan fingerprint density at radius 2 is 1.90 bits per heavy atom. The first-order chi connectivity index (χ1) is 9.36. The van der Waals surface area contributed by atoms with E-state index in [1.54, 1.807) is 6.92 Å². The molecule has 0 aliphatic heterocycles. The Morgan fingerprint density at radius 3 is 2.55 bits per heavy atom. The van der Waals surface area contributed by atoms with E-state index in [1.807, 2.05) is 0 Å². The molecule has 1 aromatic heterocycles. The lowest BCUT2D eigenvalue weighted by molar-refractivity contribution is 0.305. The van der Waals surface area contributed by atoms with E-state index in [0.29, 0.717) is 11.1 Å². The number of pyridine rings is 1. The van der Waals surface area contributed by atoms with E-state index >= 15 is 0 Å². The summed E-state index contributed by atoms with van der Waals surface area (Å²) in [5, 5.41) is 0. The zero-order valence-corrected chi connectivity index (χ0v) is 10.6. The second-order valence-corrected chi connectivity index (χ2v) is 4.42. The minimum atomic E-state index is -5.16. The highest BCUT2D eigenvalue weighted by atomic mass is 19.4.